The molecule has 0 spiro atoms. The molecule has 1 aliphatic heterocycles. The fraction of sp³-hybridized carbons (Fsp3) is 0.368. The van der Waals surface area contributed by atoms with Gasteiger partial charge in [0.15, 0.2) is 29.3 Å². The van der Waals surface area contributed by atoms with E-state index in [0.29, 0.717) is 30.1 Å². The van der Waals surface area contributed by atoms with Crippen LogP contribution in [0.1, 0.15) is 18.7 Å². The van der Waals surface area contributed by atoms with Gasteiger partial charge in [0, 0.05) is 16.7 Å². The number of imidazole rings is 1. The van der Waals surface area contributed by atoms with E-state index in [0.717, 1.165) is 9.13 Å². The van der Waals surface area contributed by atoms with Crippen LogP contribution in [0.3, 0.4) is 0 Å². The number of carbonyl (C=O) groups is 1. The molecular weight excluding hydrogens is 539 g/mol. The van der Waals surface area contributed by atoms with Gasteiger partial charge in [-0.15, -0.1) is 0 Å². The molecule has 0 saturated carbocycles. The summed E-state index contributed by atoms with van der Waals surface area (Å²) < 4.78 is 8.21. The molecule has 1 aromatic carbocycles. The number of aliphatic hydroxyl groups excluding tert-OH is 2. The van der Waals surface area contributed by atoms with E-state index in [1.54, 1.807) is 6.92 Å². The summed E-state index contributed by atoms with van der Waals surface area (Å²) >= 11 is 8.37. The fourth-order valence-corrected chi connectivity index (χ4v) is 4.19. The highest BCUT2D eigenvalue weighted by molar-refractivity contribution is 14.1. The van der Waals surface area contributed by atoms with Crippen LogP contribution in [-0.2, 0) is 16.1 Å². The minimum absolute atomic E-state index is 0.0206. The van der Waals surface area contributed by atoms with Crippen LogP contribution in [0.5, 0.6) is 0 Å². The van der Waals surface area contributed by atoms with Crippen LogP contribution in [0.2, 0.25) is 5.28 Å². The van der Waals surface area contributed by atoms with Gasteiger partial charge in [-0.25, -0.2) is 4.98 Å². The topological polar surface area (TPSA) is 134 Å². The maximum Gasteiger partial charge on any atom is 0.252 e. The molecule has 1 aliphatic rings. The molecule has 1 amide bonds. The van der Waals surface area contributed by atoms with E-state index in [1.165, 1.54) is 10.9 Å². The van der Waals surface area contributed by atoms with Crippen molar-refractivity contribution < 1.29 is 19.7 Å². The molecule has 2 aromatic heterocycles. The number of likely N-dealkylation sites (N-methyl/N-ethyl adjacent to an activating group) is 1. The van der Waals surface area contributed by atoms with Crippen molar-refractivity contribution in [1.29, 1.82) is 0 Å². The molecule has 3 heterocycles. The van der Waals surface area contributed by atoms with Crippen LogP contribution in [0, 0.1) is 3.57 Å². The second-order valence-electron chi connectivity index (χ2n) is 6.97. The Bertz CT molecular complexity index is 1110. The highest BCUT2D eigenvalue weighted by Crippen LogP contribution is 2.33. The van der Waals surface area contributed by atoms with Crippen LogP contribution in [0.4, 0.5) is 5.82 Å². The van der Waals surface area contributed by atoms with E-state index >= 15 is 0 Å². The molecule has 4 atom stereocenters. The van der Waals surface area contributed by atoms with Gasteiger partial charge in [-0.05, 0) is 58.8 Å². The molecule has 164 valence electrons. The molecule has 4 rings (SSSR count). The van der Waals surface area contributed by atoms with Gasteiger partial charge in [-0.3, -0.25) is 9.36 Å². The Morgan fingerprint density at radius 3 is 2.87 bits per heavy atom. The Labute approximate surface area is 196 Å². The van der Waals surface area contributed by atoms with E-state index in [-0.39, 0.29) is 5.28 Å². The van der Waals surface area contributed by atoms with Crippen molar-refractivity contribution in [3.05, 3.63) is 45.0 Å². The Kier molecular flexibility index (Phi) is 6.57. The first-order valence-electron chi connectivity index (χ1n) is 9.56. The normalized spacial score (nSPS) is 23.3. The fourth-order valence-electron chi connectivity index (χ4n) is 3.41. The molecule has 0 aliphatic carbocycles. The summed E-state index contributed by atoms with van der Waals surface area (Å²) in [6.07, 6.45) is -3.63. The second-order valence-corrected chi connectivity index (χ2v) is 8.56. The van der Waals surface area contributed by atoms with Gasteiger partial charge < -0.3 is 25.6 Å². The van der Waals surface area contributed by atoms with Gasteiger partial charge in [-0.2, -0.15) is 9.97 Å². The van der Waals surface area contributed by atoms with Crippen LogP contribution in [0.15, 0.2) is 30.6 Å². The van der Waals surface area contributed by atoms with Gasteiger partial charge in [0.2, 0.25) is 5.28 Å². The van der Waals surface area contributed by atoms with E-state index in [1.807, 2.05) is 24.3 Å². The molecule has 31 heavy (non-hydrogen) atoms. The molecule has 3 aromatic rings. The van der Waals surface area contributed by atoms with Crippen molar-refractivity contribution in [2.24, 2.45) is 0 Å². The average Bonchev–Trinajstić information content (AvgIpc) is 3.27. The summed E-state index contributed by atoms with van der Waals surface area (Å²) in [4.78, 5) is 24.9. The summed E-state index contributed by atoms with van der Waals surface area (Å²) in [5, 5.41) is 26.6. The van der Waals surface area contributed by atoms with Crippen molar-refractivity contribution in [3.8, 4) is 0 Å². The van der Waals surface area contributed by atoms with Crippen LogP contribution >= 0.6 is 34.2 Å². The van der Waals surface area contributed by atoms with Gasteiger partial charge in [0.25, 0.3) is 5.91 Å². The third-order valence-electron chi connectivity index (χ3n) is 4.86. The minimum atomic E-state index is -1.40. The number of amides is 1. The van der Waals surface area contributed by atoms with Crippen molar-refractivity contribution in [2.75, 3.05) is 11.9 Å². The number of aromatic nitrogens is 4. The monoisotopic (exact) mass is 558 g/mol. The number of fused-ring (bicyclic) bond motifs is 1. The molecule has 12 heteroatoms. The van der Waals surface area contributed by atoms with Crippen LogP contribution in [0.25, 0.3) is 11.2 Å². The number of nitrogens with one attached hydrogen (secondary N) is 2. The lowest BCUT2D eigenvalue weighted by Gasteiger charge is -2.16. The third kappa shape index (κ3) is 4.46. The predicted octanol–water partition coefficient (Wildman–Crippen LogP) is 1.45. The van der Waals surface area contributed by atoms with Crippen molar-refractivity contribution in [1.82, 2.24) is 24.8 Å². The number of ether oxygens (including phenoxy) is 1. The number of halogens is 2. The molecule has 1 fully saturated rings. The average molecular weight is 559 g/mol. The lowest BCUT2D eigenvalue weighted by Crippen LogP contribution is -2.42. The number of anilines is 1. The van der Waals surface area contributed by atoms with Gasteiger partial charge >= 0.3 is 0 Å². The Morgan fingerprint density at radius 2 is 2.13 bits per heavy atom. The second kappa shape index (κ2) is 9.20. The van der Waals surface area contributed by atoms with Crippen LogP contribution < -0.4 is 10.6 Å². The number of aliphatic hydroxyl groups is 2. The Morgan fingerprint density at radius 1 is 1.32 bits per heavy atom. The quantitative estimate of drug-likeness (QED) is 0.264. The van der Waals surface area contributed by atoms with Crippen LogP contribution in [-0.4, -0.2) is 60.5 Å². The smallest absolute Gasteiger partial charge is 0.252 e. The zero-order chi connectivity index (χ0) is 22.1. The molecule has 4 N–H and O–H groups in total. The van der Waals surface area contributed by atoms with Crippen molar-refractivity contribution in [3.63, 3.8) is 0 Å². The van der Waals surface area contributed by atoms with Gasteiger partial charge in [-0.1, -0.05) is 12.1 Å². The number of rotatable bonds is 6. The Hall–Kier alpha value is -2.06. The van der Waals surface area contributed by atoms with Crippen molar-refractivity contribution >= 4 is 57.1 Å². The summed E-state index contributed by atoms with van der Waals surface area (Å²) in [6.45, 7) is 2.62. The van der Waals surface area contributed by atoms with E-state index in [2.05, 4.69) is 48.2 Å². The standard InChI is InChI=1S/C19H20ClIN6O4/c1-2-22-17(30)14-12(28)13(29)18(31-14)27-8-24-11-15(25-19(20)26-16(11)27)23-7-9-4-3-5-10(21)6-9/h3-6,8,12-14,18,28-29H,2,7H2,1H3,(H,22,30)(H,23,25,26)/t12-,13+,14-,18+/m0/s1. The number of hydrogen-bond acceptors (Lipinski definition) is 8. The number of carbonyl (C=O) groups excluding carboxylic acids is 1. The summed E-state index contributed by atoms with van der Waals surface area (Å²) in [5.41, 5.74) is 1.77. The van der Waals surface area contributed by atoms with E-state index in [9.17, 15) is 15.0 Å². The first-order valence-corrected chi connectivity index (χ1v) is 11.0. The number of nitrogens with zero attached hydrogens (tertiary/aromatic N) is 4. The largest absolute Gasteiger partial charge is 0.387 e. The molecule has 0 radical (unpaired) electrons. The van der Waals surface area contributed by atoms with E-state index in [4.69, 9.17) is 16.3 Å². The molecule has 0 unspecified atom stereocenters. The third-order valence-corrected chi connectivity index (χ3v) is 5.71. The van der Waals surface area contributed by atoms with Gasteiger partial charge in [0.1, 0.15) is 12.2 Å². The summed E-state index contributed by atoms with van der Waals surface area (Å²) in [5.74, 6) is -0.0885. The minimum Gasteiger partial charge on any atom is -0.387 e. The Balaban J connectivity index is 1.62. The van der Waals surface area contributed by atoms with E-state index < -0.39 is 30.4 Å². The SMILES string of the molecule is CCNC(=O)[C@H]1O[C@@H](n2cnc3c(NCc4cccc(I)c4)nc(Cl)nc32)[C@H](O)[C@@H]1O. The highest BCUT2D eigenvalue weighted by atomic mass is 127. The summed E-state index contributed by atoms with van der Waals surface area (Å²) in [7, 11) is 0. The predicted molar refractivity (Wildman–Crippen MR) is 121 cm³/mol. The molecule has 1 saturated heterocycles. The first-order chi connectivity index (χ1) is 14.9. The number of hydrogen-bond donors (Lipinski definition) is 4. The molecular formula is C19H20ClIN6O4. The zero-order valence-corrected chi connectivity index (χ0v) is 19.3. The number of benzene rings is 1. The maximum absolute atomic E-state index is 12.1. The summed E-state index contributed by atoms with van der Waals surface area (Å²) in [6, 6.07) is 7.99. The van der Waals surface area contributed by atoms with Crippen molar-refractivity contribution in [2.45, 2.75) is 38.0 Å². The lowest BCUT2D eigenvalue weighted by atomic mass is 10.1. The molecule has 0 bridgehead atoms. The lowest BCUT2D eigenvalue weighted by molar-refractivity contribution is -0.137. The van der Waals surface area contributed by atoms with Gasteiger partial charge in [0.05, 0.1) is 6.33 Å². The molecule has 10 nitrogen and oxygen atoms in total. The zero-order valence-electron chi connectivity index (χ0n) is 16.4. The first kappa shape index (κ1) is 22.1. The maximum atomic E-state index is 12.1. The highest BCUT2D eigenvalue weighted by Gasteiger charge is 2.47.